The highest BCUT2D eigenvalue weighted by Gasteiger charge is 2.42. The molecule has 2 amide bonds. The molecule has 0 radical (unpaired) electrons. The molecule has 4 heterocycles. The Bertz CT molecular complexity index is 1100. The summed E-state index contributed by atoms with van der Waals surface area (Å²) >= 11 is 0. The Balaban J connectivity index is 1.18. The molecule has 12 heteroatoms. The Morgan fingerprint density at radius 3 is 2.35 bits per heavy atom. The first-order chi connectivity index (χ1) is 17.8. The van der Waals surface area contributed by atoms with Crippen LogP contribution in [0.5, 0.6) is 0 Å². The molecule has 0 atom stereocenters. The normalized spacial score (nSPS) is 19.1. The molecule has 2 N–H and O–H groups in total. The maximum Gasteiger partial charge on any atom is 0.437 e. The summed E-state index contributed by atoms with van der Waals surface area (Å²) in [5, 5.41) is 5.48. The van der Waals surface area contributed by atoms with Gasteiger partial charge in [-0.05, 0) is 63.0 Å². The van der Waals surface area contributed by atoms with Crippen molar-refractivity contribution in [3.05, 3.63) is 29.8 Å². The molecule has 0 spiro atoms. The fourth-order valence-electron chi connectivity index (χ4n) is 4.85. The number of nitrogens with one attached hydrogen (secondary N) is 2. The maximum absolute atomic E-state index is 13.6. The van der Waals surface area contributed by atoms with Gasteiger partial charge in [-0.25, -0.2) is 4.98 Å². The summed E-state index contributed by atoms with van der Waals surface area (Å²) in [5.74, 6) is -0.703. The van der Waals surface area contributed by atoms with Crippen molar-refractivity contribution >= 4 is 29.3 Å². The molecule has 0 bridgehead atoms. The molecule has 3 aliphatic rings. The van der Waals surface area contributed by atoms with Gasteiger partial charge in [-0.1, -0.05) is 0 Å². The van der Waals surface area contributed by atoms with E-state index < -0.39 is 23.5 Å². The summed E-state index contributed by atoms with van der Waals surface area (Å²) in [6.45, 7) is 2.59. The van der Waals surface area contributed by atoms with Crippen molar-refractivity contribution < 1.29 is 27.2 Å². The molecule has 2 aliphatic heterocycles. The van der Waals surface area contributed by atoms with Crippen molar-refractivity contribution in [3.8, 4) is 0 Å². The fraction of sp³-hybridized carbons (Fsp3) is 0.600. The van der Waals surface area contributed by atoms with Gasteiger partial charge < -0.3 is 24.9 Å². The molecule has 9 nitrogen and oxygen atoms in total. The highest BCUT2D eigenvalue weighted by atomic mass is 19.4. The van der Waals surface area contributed by atoms with E-state index in [-0.39, 0.29) is 17.6 Å². The zero-order chi connectivity index (χ0) is 26.0. The van der Waals surface area contributed by atoms with Gasteiger partial charge in [0.2, 0.25) is 11.7 Å². The molecule has 37 heavy (non-hydrogen) atoms. The van der Waals surface area contributed by atoms with Crippen LogP contribution in [0.1, 0.15) is 67.6 Å². The number of rotatable bonds is 7. The van der Waals surface area contributed by atoms with E-state index in [1.54, 1.807) is 17.0 Å². The molecule has 3 fully saturated rings. The minimum Gasteiger partial charge on any atom is -0.417 e. The van der Waals surface area contributed by atoms with Crippen LogP contribution in [0, 0.1) is 5.92 Å². The van der Waals surface area contributed by atoms with Crippen LogP contribution in [-0.4, -0.2) is 54.0 Å². The average Bonchev–Trinajstić information content (AvgIpc) is 3.56. The predicted octanol–water partition coefficient (Wildman–Crippen LogP) is 4.22. The number of alkyl halides is 3. The number of piperidine rings is 2. The van der Waals surface area contributed by atoms with E-state index in [9.17, 15) is 22.8 Å². The summed E-state index contributed by atoms with van der Waals surface area (Å²) in [4.78, 5) is 36.5. The van der Waals surface area contributed by atoms with Crippen LogP contribution >= 0.6 is 0 Å². The van der Waals surface area contributed by atoms with Gasteiger partial charge in [0.1, 0.15) is 5.82 Å². The number of oxazole rings is 1. The van der Waals surface area contributed by atoms with E-state index in [0.29, 0.717) is 37.3 Å². The van der Waals surface area contributed by atoms with Gasteiger partial charge in [0.25, 0.3) is 11.9 Å². The first-order valence-corrected chi connectivity index (χ1v) is 12.9. The molecule has 5 rings (SSSR count). The lowest BCUT2D eigenvalue weighted by Gasteiger charge is -2.32. The molecule has 2 aromatic rings. The molecule has 1 saturated carbocycles. The Kier molecular flexibility index (Phi) is 7.25. The predicted molar refractivity (Wildman–Crippen MR) is 130 cm³/mol. The fourth-order valence-corrected chi connectivity index (χ4v) is 4.85. The third-order valence-corrected chi connectivity index (χ3v) is 7.08. The Hall–Kier alpha value is -3.31. The molecule has 2 saturated heterocycles. The van der Waals surface area contributed by atoms with Crippen molar-refractivity contribution in [2.24, 2.45) is 5.92 Å². The Labute approximate surface area is 212 Å². The van der Waals surface area contributed by atoms with Crippen molar-refractivity contribution in [1.82, 2.24) is 15.3 Å². The van der Waals surface area contributed by atoms with E-state index in [4.69, 9.17) is 4.42 Å². The standard InChI is InChI=1S/C25H31F3N6O3/c26-25(27,28)22-21(37-24(32-22)34-10-2-1-3-11-34)23(36)31-18-6-7-19(29-15-18)33-12-8-16(9-13-33)14-20(35)30-17-4-5-17/h6-7,15-17H,1-5,8-14H2,(H,30,35)(H,31,36). The SMILES string of the molecule is O=C(CC1CCN(c2ccc(NC(=O)c3oc(N4CCCCC4)nc3C(F)(F)F)cn2)CC1)NC1CC1. The van der Waals surface area contributed by atoms with Gasteiger partial charge in [0, 0.05) is 38.6 Å². The third-order valence-electron chi connectivity index (χ3n) is 7.08. The molecular formula is C25H31F3N6O3. The number of aromatic nitrogens is 2. The first-order valence-electron chi connectivity index (χ1n) is 12.9. The number of anilines is 3. The third kappa shape index (κ3) is 6.34. The van der Waals surface area contributed by atoms with Gasteiger partial charge in [-0.15, -0.1) is 0 Å². The summed E-state index contributed by atoms with van der Waals surface area (Å²) < 4.78 is 46.1. The molecule has 0 aromatic carbocycles. The number of pyridine rings is 1. The topological polar surface area (TPSA) is 104 Å². The average molecular weight is 521 g/mol. The number of carbonyl (C=O) groups excluding carboxylic acids is 2. The Morgan fingerprint density at radius 2 is 1.73 bits per heavy atom. The van der Waals surface area contributed by atoms with E-state index in [1.807, 2.05) is 0 Å². The molecular weight excluding hydrogens is 489 g/mol. The number of amides is 2. The second-order valence-electron chi connectivity index (χ2n) is 10.1. The number of nitrogens with zero attached hydrogens (tertiary/aromatic N) is 4. The van der Waals surface area contributed by atoms with Crippen molar-refractivity contribution in [2.75, 3.05) is 41.3 Å². The minimum absolute atomic E-state index is 0.127. The zero-order valence-electron chi connectivity index (χ0n) is 20.5. The van der Waals surface area contributed by atoms with Gasteiger partial charge in [0.05, 0.1) is 11.9 Å². The molecule has 2 aromatic heterocycles. The monoisotopic (exact) mass is 520 g/mol. The summed E-state index contributed by atoms with van der Waals surface area (Å²) in [6.07, 6.45) is 3.70. The van der Waals surface area contributed by atoms with Crippen LogP contribution in [-0.2, 0) is 11.0 Å². The number of hydrogen-bond donors (Lipinski definition) is 2. The van der Waals surface area contributed by atoms with Gasteiger partial charge in [-0.2, -0.15) is 18.2 Å². The van der Waals surface area contributed by atoms with Crippen LogP contribution < -0.4 is 20.4 Å². The minimum atomic E-state index is -4.82. The maximum atomic E-state index is 13.6. The van der Waals surface area contributed by atoms with Crippen LogP contribution in [0.15, 0.2) is 22.7 Å². The van der Waals surface area contributed by atoms with Crippen molar-refractivity contribution in [3.63, 3.8) is 0 Å². The van der Waals surface area contributed by atoms with Gasteiger partial charge >= 0.3 is 6.18 Å². The van der Waals surface area contributed by atoms with E-state index in [2.05, 4.69) is 25.5 Å². The largest absolute Gasteiger partial charge is 0.437 e. The van der Waals surface area contributed by atoms with Crippen LogP contribution in [0.2, 0.25) is 0 Å². The molecule has 200 valence electrons. The number of carbonyl (C=O) groups is 2. The highest BCUT2D eigenvalue weighted by molar-refractivity contribution is 6.03. The van der Waals surface area contributed by atoms with Crippen molar-refractivity contribution in [2.45, 2.75) is 63.6 Å². The second kappa shape index (κ2) is 10.6. The number of hydrogen-bond acceptors (Lipinski definition) is 7. The van der Waals surface area contributed by atoms with E-state index in [0.717, 1.165) is 58.0 Å². The highest BCUT2D eigenvalue weighted by Crippen LogP contribution is 2.35. The molecule has 1 aliphatic carbocycles. The van der Waals surface area contributed by atoms with Crippen LogP contribution in [0.4, 0.5) is 30.7 Å². The zero-order valence-corrected chi connectivity index (χ0v) is 20.5. The molecule has 0 unspecified atom stereocenters. The van der Waals surface area contributed by atoms with Gasteiger partial charge in [0.15, 0.2) is 5.69 Å². The smallest absolute Gasteiger partial charge is 0.417 e. The van der Waals surface area contributed by atoms with Crippen LogP contribution in [0.25, 0.3) is 0 Å². The summed E-state index contributed by atoms with van der Waals surface area (Å²) in [7, 11) is 0. The van der Waals surface area contributed by atoms with Gasteiger partial charge in [-0.3, -0.25) is 9.59 Å². The lowest BCUT2D eigenvalue weighted by atomic mass is 9.93. The number of halogens is 3. The lowest BCUT2D eigenvalue weighted by Crippen LogP contribution is -2.36. The van der Waals surface area contributed by atoms with Crippen molar-refractivity contribution in [1.29, 1.82) is 0 Å². The quantitative estimate of drug-likeness (QED) is 0.564. The van der Waals surface area contributed by atoms with E-state index >= 15 is 0 Å². The first kappa shape index (κ1) is 25.3. The Morgan fingerprint density at radius 1 is 1.00 bits per heavy atom. The lowest BCUT2D eigenvalue weighted by molar-refractivity contribution is -0.141. The summed E-state index contributed by atoms with van der Waals surface area (Å²) in [5.41, 5.74) is -1.08. The van der Waals surface area contributed by atoms with E-state index in [1.165, 1.54) is 6.20 Å². The second-order valence-corrected chi connectivity index (χ2v) is 10.1. The van der Waals surface area contributed by atoms with Crippen LogP contribution in [0.3, 0.4) is 0 Å². The summed E-state index contributed by atoms with van der Waals surface area (Å²) in [6, 6.07) is 3.51.